The zero-order chi connectivity index (χ0) is 21.5. The second kappa shape index (κ2) is 10.5. The van der Waals surface area contributed by atoms with Crippen LogP contribution in [0.15, 0.2) is 67.3 Å². The molecule has 0 bridgehead atoms. The number of aryl methyl sites for hydroxylation is 1. The van der Waals surface area contributed by atoms with Crippen molar-refractivity contribution in [1.29, 1.82) is 0 Å². The predicted octanol–water partition coefficient (Wildman–Crippen LogP) is 5.28. The first-order valence-electron chi connectivity index (χ1n) is 10.6. The molecule has 1 aliphatic heterocycles. The highest BCUT2D eigenvalue weighted by molar-refractivity contribution is 5.22. The first-order chi connectivity index (χ1) is 15.2. The maximum Gasteiger partial charge on any atom is 0.158 e. The standard InChI is InChI=1S/C24H26F2N2O3/c25-19-6-4-18(5-7-19)23(12-14-28-15-13-27-17-28)31-24-3-1-2-22(30-24)16-29-21-10-8-20(26)9-11-21/h4-11,13,15,17,22-24H,1-3,12,14,16H2/t22-,23?,24+/m1/s1. The molecular formula is C24H26F2N2O3. The second-order valence-corrected chi connectivity index (χ2v) is 7.65. The van der Waals surface area contributed by atoms with Crippen LogP contribution in [0.4, 0.5) is 8.78 Å². The molecule has 0 radical (unpaired) electrons. The molecule has 164 valence electrons. The lowest BCUT2D eigenvalue weighted by atomic mass is 10.1. The van der Waals surface area contributed by atoms with Crippen LogP contribution in [0.2, 0.25) is 0 Å². The van der Waals surface area contributed by atoms with Crippen LogP contribution < -0.4 is 4.74 Å². The van der Waals surface area contributed by atoms with Crippen molar-refractivity contribution >= 4 is 0 Å². The second-order valence-electron chi connectivity index (χ2n) is 7.65. The number of aromatic nitrogens is 2. The molecule has 1 aliphatic rings. The highest BCUT2D eigenvalue weighted by Crippen LogP contribution is 2.29. The first kappa shape index (κ1) is 21.5. The summed E-state index contributed by atoms with van der Waals surface area (Å²) in [6, 6.07) is 12.4. The van der Waals surface area contributed by atoms with E-state index in [0.29, 0.717) is 18.8 Å². The summed E-state index contributed by atoms with van der Waals surface area (Å²) in [5.74, 6) is 0.0406. The van der Waals surface area contributed by atoms with Crippen LogP contribution in [-0.2, 0) is 16.0 Å². The fourth-order valence-electron chi connectivity index (χ4n) is 3.66. The lowest BCUT2D eigenvalue weighted by Gasteiger charge is -2.32. The third kappa shape index (κ3) is 6.35. The van der Waals surface area contributed by atoms with E-state index in [1.54, 1.807) is 36.8 Å². The molecule has 4 rings (SSSR count). The summed E-state index contributed by atoms with van der Waals surface area (Å²) >= 11 is 0. The topological polar surface area (TPSA) is 45.5 Å². The summed E-state index contributed by atoms with van der Waals surface area (Å²) in [7, 11) is 0. The van der Waals surface area contributed by atoms with E-state index >= 15 is 0 Å². The third-order valence-electron chi connectivity index (χ3n) is 5.33. The Morgan fingerprint density at radius 2 is 1.77 bits per heavy atom. The van der Waals surface area contributed by atoms with Crippen molar-refractivity contribution in [2.75, 3.05) is 6.61 Å². The van der Waals surface area contributed by atoms with Gasteiger partial charge in [-0.2, -0.15) is 0 Å². The van der Waals surface area contributed by atoms with Gasteiger partial charge in [0.25, 0.3) is 0 Å². The quantitative estimate of drug-likeness (QED) is 0.465. The fraction of sp³-hybridized carbons (Fsp3) is 0.375. The van der Waals surface area contributed by atoms with Crippen LogP contribution in [0.5, 0.6) is 5.75 Å². The van der Waals surface area contributed by atoms with Gasteiger partial charge in [0.05, 0.1) is 18.5 Å². The predicted molar refractivity (Wildman–Crippen MR) is 111 cm³/mol. The summed E-state index contributed by atoms with van der Waals surface area (Å²) in [4.78, 5) is 4.07. The summed E-state index contributed by atoms with van der Waals surface area (Å²) in [5, 5.41) is 0. The maximum absolute atomic E-state index is 13.4. The van der Waals surface area contributed by atoms with Gasteiger partial charge < -0.3 is 18.8 Å². The SMILES string of the molecule is Fc1ccc(OC[C@H]2CCC[C@H](OC(CCn3ccnc3)c3ccc(F)cc3)O2)cc1. The summed E-state index contributed by atoms with van der Waals surface area (Å²) in [5.41, 5.74) is 0.912. The Bertz CT molecular complexity index is 917. The van der Waals surface area contributed by atoms with Crippen molar-refractivity contribution in [2.45, 2.75) is 50.7 Å². The minimum atomic E-state index is -0.367. The first-order valence-corrected chi connectivity index (χ1v) is 10.6. The fourth-order valence-corrected chi connectivity index (χ4v) is 3.66. The van der Waals surface area contributed by atoms with Crippen molar-refractivity contribution in [3.05, 3.63) is 84.4 Å². The smallest absolute Gasteiger partial charge is 0.158 e. The number of imidazole rings is 1. The molecule has 5 nitrogen and oxygen atoms in total. The summed E-state index contributed by atoms with van der Waals surface area (Å²) in [6.07, 6.45) is 8.03. The van der Waals surface area contributed by atoms with Crippen molar-refractivity contribution in [3.8, 4) is 5.75 Å². The number of benzene rings is 2. The van der Waals surface area contributed by atoms with Crippen LogP contribution in [0, 0.1) is 11.6 Å². The zero-order valence-corrected chi connectivity index (χ0v) is 17.2. The molecule has 0 saturated carbocycles. The number of ether oxygens (including phenoxy) is 3. The van der Waals surface area contributed by atoms with Gasteiger partial charge in [-0.15, -0.1) is 0 Å². The maximum atomic E-state index is 13.4. The number of hydrogen-bond donors (Lipinski definition) is 0. The molecule has 7 heteroatoms. The Morgan fingerprint density at radius 3 is 2.48 bits per heavy atom. The molecule has 2 heterocycles. The molecule has 31 heavy (non-hydrogen) atoms. The van der Waals surface area contributed by atoms with Crippen molar-refractivity contribution < 1.29 is 23.0 Å². The van der Waals surface area contributed by atoms with Gasteiger partial charge in [0.1, 0.15) is 24.0 Å². The van der Waals surface area contributed by atoms with Gasteiger partial charge in [0, 0.05) is 18.9 Å². The van der Waals surface area contributed by atoms with Crippen molar-refractivity contribution in [2.24, 2.45) is 0 Å². The molecule has 1 aromatic heterocycles. The van der Waals surface area contributed by atoms with Crippen LogP contribution in [0.1, 0.15) is 37.4 Å². The molecule has 3 aromatic rings. The van der Waals surface area contributed by atoms with E-state index in [1.807, 2.05) is 10.8 Å². The molecule has 0 amide bonds. The van der Waals surface area contributed by atoms with Crippen molar-refractivity contribution in [3.63, 3.8) is 0 Å². The van der Waals surface area contributed by atoms with E-state index in [0.717, 1.165) is 31.4 Å². The Hall–Kier alpha value is -2.77. The average Bonchev–Trinajstić information content (AvgIpc) is 3.31. The van der Waals surface area contributed by atoms with E-state index in [1.165, 1.54) is 24.3 Å². The van der Waals surface area contributed by atoms with Gasteiger partial charge in [0.15, 0.2) is 6.29 Å². The summed E-state index contributed by atoms with van der Waals surface area (Å²) in [6.45, 7) is 1.10. The lowest BCUT2D eigenvalue weighted by Crippen LogP contribution is -2.34. The van der Waals surface area contributed by atoms with E-state index in [-0.39, 0.29) is 30.1 Å². The van der Waals surface area contributed by atoms with Crippen LogP contribution in [-0.4, -0.2) is 28.6 Å². The number of nitrogens with zero attached hydrogens (tertiary/aromatic N) is 2. The van der Waals surface area contributed by atoms with E-state index in [2.05, 4.69) is 4.98 Å². The number of halogens is 2. The Labute approximate surface area is 180 Å². The summed E-state index contributed by atoms with van der Waals surface area (Å²) < 4.78 is 46.6. The highest BCUT2D eigenvalue weighted by Gasteiger charge is 2.27. The Kier molecular flexibility index (Phi) is 7.27. The van der Waals surface area contributed by atoms with E-state index in [9.17, 15) is 8.78 Å². The van der Waals surface area contributed by atoms with Crippen molar-refractivity contribution in [1.82, 2.24) is 9.55 Å². The number of rotatable bonds is 9. The molecule has 0 aliphatic carbocycles. The average molecular weight is 428 g/mol. The van der Waals surface area contributed by atoms with Crippen LogP contribution >= 0.6 is 0 Å². The molecule has 1 saturated heterocycles. The lowest BCUT2D eigenvalue weighted by molar-refractivity contribution is -0.222. The number of hydrogen-bond acceptors (Lipinski definition) is 4. The van der Waals surface area contributed by atoms with Crippen LogP contribution in [0.25, 0.3) is 0 Å². The monoisotopic (exact) mass is 428 g/mol. The molecule has 1 unspecified atom stereocenters. The van der Waals surface area contributed by atoms with Gasteiger partial charge in [-0.3, -0.25) is 0 Å². The Morgan fingerprint density at radius 1 is 1.03 bits per heavy atom. The molecule has 3 atom stereocenters. The Balaban J connectivity index is 1.35. The minimum absolute atomic E-state index is 0.105. The van der Waals surface area contributed by atoms with Gasteiger partial charge in [0.2, 0.25) is 0 Å². The highest BCUT2D eigenvalue weighted by atomic mass is 19.1. The van der Waals surface area contributed by atoms with Gasteiger partial charge in [-0.1, -0.05) is 12.1 Å². The molecule has 2 aromatic carbocycles. The minimum Gasteiger partial charge on any atom is -0.491 e. The van der Waals surface area contributed by atoms with Gasteiger partial charge in [-0.05, 0) is 67.6 Å². The normalized spacial score (nSPS) is 19.8. The zero-order valence-electron chi connectivity index (χ0n) is 17.2. The largest absolute Gasteiger partial charge is 0.491 e. The molecule has 0 N–H and O–H groups in total. The third-order valence-corrected chi connectivity index (χ3v) is 5.33. The van der Waals surface area contributed by atoms with E-state index < -0.39 is 0 Å². The van der Waals surface area contributed by atoms with Crippen LogP contribution in [0.3, 0.4) is 0 Å². The molecule has 0 spiro atoms. The molecule has 1 fully saturated rings. The van der Waals surface area contributed by atoms with E-state index in [4.69, 9.17) is 14.2 Å². The van der Waals surface area contributed by atoms with Gasteiger partial charge in [-0.25, -0.2) is 13.8 Å². The molecular weight excluding hydrogens is 402 g/mol. The van der Waals surface area contributed by atoms with Gasteiger partial charge >= 0.3 is 0 Å².